The van der Waals surface area contributed by atoms with Crippen LogP contribution in [0.15, 0.2) is 103 Å². The molecule has 0 radical (unpaired) electrons. The van der Waals surface area contributed by atoms with Gasteiger partial charge in [0.25, 0.3) is 0 Å². The number of phenols is 1. The summed E-state index contributed by atoms with van der Waals surface area (Å²) in [4.78, 5) is 53.6. The van der Waals surface area contributed by atoms with Crippen molar-refractivity contribution in [1.29, 1.82) is 0 Å². The molecule has 0 unspecified atom stereocenters. The SMILES string of the molecule is O=C(N[C@H](C(=O)Nc1ccc(CCCCCc2ccccc2)c(NC(=O)[C@@H](NC(=O)OCc2ccccc2)C2CCC2)c1O)C1CCC1)OCc1ccccc1. The molecule has 0 bridgehead atoms. The number of phenolic OH excluding ortho intramolecular Hbond substituents is 1. The summed E-state index contributed by atoms with van der Waals surface area (Å²) < 4.78 is 10.9. The third-order valence-electron chi connectivity index (χ3n) is 10.8. The molecular weight excluding hydrogens is 709 g/mol. The van der Waals surface area contributed by atoms with Crippen LogP contribution in [0.3, 0.4) is 0 Å². The maximum Gasteiger partial charge on any atom is 0.408 e. The number of anilines is 2. The summed E-state index contributed by atoms with van der Waals surface area (Å²) in [7, 11) is 0. The fourth-order valence-corrected chi connectivity index (χ4v) is 7.08. The molecule has 2 aliphatic rings. The van der Waals surface area contributed by atoms with Crippen molar-refractivity contribution in [2.45, 2.75) is 95.9 Å². The van der Waals surface area contributed by atoms with E-state index in [9.17, 15) is 24.3 Å². The maximum atomic E-state index is 14.0. The zero-order valence-corrected chi connectivity index (χ0v) is 31.7. The van der Waals surface area contributed by atoms with Gasteiger partial charge in [0.15, 0.2) is 5.75 Å². The lowest BCUT2D eigenvalue weighted by molar-refractivity contribution is -0.120. The Balaban J connectivity index is 1.15. The fraction of sp³-hybridized carbons (Fsp3) is 0.378. The van der Waals surface area contributed by atoms with Crippen LogP contribution < -0.4 is 21.3 Å². The lowest BCUT2D eigenvalue weighted by atomic mass is 9.79. The van der Waals surface area contributed by atoms with E-state index in [1.165, 1.54) is 5.56 Å². The van der Waals surface area contributed by atoms with E-state index in [0.717, 1.165) is 75.3 Å². The Bertz CT molecular complexity index is 1900. The lowest BCUT2D eigenvalue weighted by Crippen LogP contribution is -2.50. The second-order valence-corrected chi connectivity index (χ2v) is 14.8. The van der Waals surface area contributed by atoms with Crippen molar-refractivity contribution in [2.75, 3.05) is 10.6 Å². The topological polar surface area (TPSA) is 155 Å². The molecule has 11 nitrogen and oxygen atoms in total. The third kappa shape index (κ3) is 11.3. The number of nitrogens with one attached hydrogen (secondary N) is 4. The Hall–Kier alpha value is -5.84. The number of unbranched alkanes of at least 4 members (excludes halogenated alkanes) is 2. The summed E-state index contributed by atoms with van der Waals surface area (Å²) in [6.07, 6.45) is 7.72. The van der Waals surface area contributed by atoms with Crippen molar-refractivity contribution in [3.8, 4) is 5.75 Å². The second kappa shape index (κ2) is 20.2. The van der Waals surface area contributed by atoms with Gasteiger partial charge >= 0.3 is 12.2 Å². The molecule has 4 aromatic carbocycles. The Morgan fingerprint density at radius 3 is 1.52 bits per heavy atom. The highest BCUT2D eigenvalue weighted by molar-refractivity contribution is 6.02. The van der Waals surface area contributed by atoms with Crippen molar-refractivity contribution in [3.05, 3.63) is 125 Å². The smallest absolute Gasteiger partial charge is 0.408 e. The van der Waals surface area contributed by atoms with Gasteiger partial charge in [-0.25, -0.2) is 9.59 Å². The Morgan fingerprint density at radius 2 is 1.04 bits per heavy atom. The fourth-order valence-electron chi connectivity index (χ4n) is 7.08. The number of rotatable bonds is 18. The number of ether oxygens (including phenoxy) is 2. The first kappa shape index (κ1) is 39.8. The molecule has 11 heteroatoms. The third-order valence-corrected chi connectivity index (χ3v) is 10.8. The number of carbonyl (C=O) groups is 4. The molecule has 0 spiro atoms. The minimum absolute atomic E-state index is 0.0596. The monoisotopic (exact) mass is 760 g/mol. The Labute approximate surface area is 328 Å². The van der Waals surface area contributed by atoms with Crippen molar-refractivity contribution in [2.24, 2.45) is 11.8 Å². The first-order chi connectivity index (χ1) is 27.3. The quantitative estimate of drug-likeness (QED) is 0.0504. The van der Waals surface area contributed by atoms with Crippen LogP contribution in [0.1, 0.15) is 80.0 Å². The molecule has 4 amide bonds. The van der Waals surface area contributed by atoms with Crippen molar-refractivity contribution < 1.29 is 33.8 Å². The molecule has 0 aliphatic heterocycles. The predicted molar refractivity (Wildman–Crippen MR) is 215 cm³/mol. The van der Waals surface area contributed by atoms with Crippen LogP contribution in [0.25, 0.3) is 0 Å². The van der Waals surface area contributed by atoms with Crippen LogP contribution in [-0.4, -0.2) is 41.2 Å². The van der Waals surface area contributed by atoms with Gasteiger partial charge in [-0.3, -0.25) is 9.59 Å². The molecule has 294 valence electrons. The number of alkyl carbamates (subject to hydrolysis) is 2. The van der Waals surface area contributed by atoms with E-state index in [-0.39, 0.29) is 42.2 Å². The average molecular weight is 761 g/mol. The van der Waals surface area contributed by atoms with E-state index in [0.29, 0.717) is 12.0 Å². The van der Waals surface area contributed by atoms with Gasteiger partial charge in [-0.05, 0) is 91.5 Å². The molecule has 0 saturated heterocycles. The molecule has 2 atom stereocenters. The van der Waals surface area contributed by atoms with Crippen LogP contribution >= 0.6 is 0 Å². The van der Waals surface area contributed by atoms with Crippen LogP contribution in [0.5, 0.6) is 5.75 Å². The van der Waals surface area contributed by atoms with Gasteiger partial charge in [0.05, 0.1) is 11.4 Å². The van der Waals surface area contributed by atoms with Crippen molar-refractivity contribution in [3.63, 3.8) is 0 Å². The maximum absolute atomic E-state index is 14.0. The van der Waals surface area contributed by atoms with E-state index < -0.39 is 36.1 Å². The summed E-state index contributed by atoms with van der Waals surface area (Å²) in [6.45, 7) is 0.120. The van der Waals surface area contributed by atoms with Gasteiger partial charge in [-0.1, -0.05) is 116 Å². The van der Waals surface area contributed by atoms with Crippen LogP contribution in [0, 0.1) is 11.8 Å². The van der Waals surface area contributed by atoms with E-state index in [4.69, 9.17) is 9.47 Å². The van der Waals surface area contributed by atoms with Gasteiger partial charge in [0, 0.05) is 0 Å². The van der Waals surface area contributed by atoms with Crippen LogP contribution in [-0.2, 0) is 45.1 Å². The number of hydrogen-bond acceptors (Lipinski definition) is 7. The second-order valence-electron chi connectivity index (χ2n) is 14.8. The normalized spacial score (nSPS) is 14.9. The number of aromatic hydroxyl groups is 1. The highest BCUT2D eigenvalue weighted by atomic mass is 16.6. The Kier molecular flexibility index (Phi) is 14.4. The molecule has 56 heavy (non-hydrogen) atoms. The molecule has 5 N–H and O–H groups in total. The van der Waals surface area contributed by atoms with E-state index >= 15 is 0 Å². The highest BCUT2D eigenvalue weighted by Crippen LogP contribution is 2.38. The summed E-state index contributed by atoms with van der Waals surface area (Å²) in [5.74, 6) is -1.46. The minimum atomic E-state index is -0.891. The lowest BCUT2D eigenvalue weighted by Gasteiger charge is -2.33. The first-order valence-electron chi connectivity index (χ1n) is 19.8. The van der Waals surface area contributed by atoms with Gasteiger partial charge in [0.2, 0.25) is 11.8 Å². The molecule has 4 aromatic rings. The molecule has 2 fully saturated rings. The molecule has 2 aliphatic carbocycles. The summed E-state index contributed by atoms with van der Waals surface area (Å²) in [5, 5.41) is 23.0. The van der Waals surface area contributed by atoms with Crippen LogP contribution in [0.4, 0.5) is 21.0 Å². The predicted octanol–water partition coefficient (Wildman–Crippen LogP) is 8.41. The molecule has 6 rings (SSSR count). The van der Waals surface area contributed by atoms with Crippen molar-refractivity contribution in [1.82, 2.24) is 10.6 Å². The average Bonchev–Trinajstić information content (AvgIpc) is 3.17. The first-order valence-corrected chi connectivity index (χ1v) is 19.8. The van der Waals surface area contributed by atoms with E-state index in [2.05, 4.69) is 33.4 Å². The van der Waals surface area contributed by atoms with Gasteiger partial charge in [0.1, 0.15) is 25.3 Å². The summed E-state index contributed by atoms with van der Waals surface area (Å²) in [6, 6.07) is 30.5. The van der Waals surface area contributed by atoms with E-state index in [1.807, 2.05) is 78.9 Å². The zero-order valence-electron chi connectivity index (χ0n) is 31.7. The van der Waals surface area contributed by atoms with Crippen LogP contribution in [0.2, 0.25) is 0 Å². The molecule has 2 saturated carbocycles. The van der Waals surface area contributed by atoms with E-state index in [1.54, 1.807) is 12.1 Å². The standard InChI is InChI=1S/C45H52N4O7/c50-41-37(46-42(51)39(34-23-13-24-34)48-44(53)55-29-32-18-8-2-9-19-32)28-27-36(22-12-4-7-17-31-15-5-1-6-16-31)38(41)47-43(52)40(35-25-14-26-35)49-45(54)56-30-33-20-10-3-11-21-33/h1-3,5-6,8-11,15-16,18-21,27-28,34-35,39-40,50H,4,7,12-14,17,22-26,29-30H2,(H,46,51)(H,47,52)(H,48,53)(H,49,54)/t39-,40-/m0/s1. The zero-order chi connectivity index (χ0) is 39.1. The largest absolute Gasteiger partial charge is 0.504 e. The molecule has 0 heterocycles. The minimum Gasteiger partial charge on any atom is -0.504 e. The number of amides is 4. The van der Waals surface area contributed by atoms with Gasteiger partial charge < -0.3 is 35.8 Å². The molecular formula is C45H52N4O7. The van der Waals surface area contributed by atoms with Crippen molar-refractivity contribution >= 4 is 35.4 Å². The number of aryl methyl sites for hydroxylation is 2. The summed E-state index contributed by atoms with van der Waals surface area (Å²) in [5.41, 5.74) is 3.89. The molecule has 0 aromatic heterocycles. The summed E-state index contributed by atoms with van der Waals surface area (Å²) >= 11 is 0. The highest BCUT2D eigenvalue weighted by Gasteiger charge is 2.37. The number of hydrogen-bond donors (Lipinski definition) is 5. The Morgan fingerprint density at radius 1 is 0.571 bits per heavy atom. The number of carbonyl (C=O) groups excluding carboxylic acids is 4. The van der Waals surface area contributed by atoms with Gasteiger partial charge in [-0.15, -0.1) is 0 Å². The number of benzene rings is 4. The van der Waals surface area contributed by atoms with Gasteiger partial charge in [-0.2, -0.15) is 0 Å².